The van der Waals surface area contributed by atoms with Gasteiger partial charge in [-0.25, -0.2) is 5.43 Å². The highest BCUT2D eigenvalue weighted by molar-refractivity contribution is 6.05. The molecule has 0 fully saturated rings. The second-order valence-electron chi connectivity index (χ2n) is 7.29. The Balaban J connectivity index is 1.56. The number of hydrogen-bond donors (Lipinski definition) is 2. The van der Waals surface area contributed by atoms with Crippen molar-refractivity contribution < 1.29 is 9.59 Å². The van der Waals surface area contributed by atoms with Crippen molar-refractivity contribution >= 4 is 17.6 Å². The van der Waals surface area contributed by atoms with E-state index in [1.165, 1.54) is 0 Å². The van der Waals surface area contributed by atoms with Crippen LogP contribution < -0.4 is 10.9 Å². The molecule has 0 aliphatic carbocycles. The molecular formula is C24H22N4O2. The van der Waals surface area contributed by atoms with Crippen LogP contribution in [-0.2, 0) is 6.54 Å². The average molecular weight is 398 g/mol. The maximum Gasteiger partial charge on any atom is 0.271 e. The number of hydrazone groups is 1. The monoisotopic (exact) mass is 398 g/mol. The lowest BCUT2D eigenvalue weighted by atomic mass is 10.1. The van der Waals surface area contributed by atoms with Gasteiger partial charge in [0.15, 0.2) is 5.84 Å². The molecule has 0 spiro atoms. The zero-order valence-electron chi connectivity index (χ0n) is 16.8. The van der Waals surface area contributed by atoms with Crippen molar-refractivity contribution in [2.75, 3.05) is 0 Å². The number of benzene rings is 3. The zero-order chi connectivity index (χ0) is 21.1. The lowest BCUT2D eigenvalue weighted by Crippen LogP contribution is -2.43. The average Bonchev–Trinajstić information content (AvgIpc) is 3.10. The van der Waals surface area contributed by atoms with Crippen LogP contribution in [-0.4, -0.2) is 22.7 Å². The highest BCUT2D eigenvalue weighted by atomic mass is 16.2. The number of carbonyl (C=O) groups excluding carboxylic acids is 2. The number of amides is 2. The van der Waals surface area contributed by atoms with Crippen molar-refractivity contribution in [3.05, 3.63) is 106 Å². The Morgan fingerprint density at radius 3 is 2.00 bits per heavy atom. The Hall–Kier alpha value is -3.93. The first-order valence-corrected chi connectivity index (χ1v) is 9.69. The van der Waals surface area contributed by atoms with E-state index in [0.29, 0.717) is 23.5 Å². The summed E-state index contributed by atoms with van der Waals surface area (Å²) in [6, 6.07) is 22.3. The van der Waals surface area contributed by atoms with Gasteiger partial charge < -0.3 is 0 Å². The number of carbonyl (C=O) groups is 2. The summed E-state index contributed by atoms with van der Waals surface area (Å²) in [5.74, 6) is -0.0522. The third-order valence-electron chi connectivity index (χ3n) is 4.97. The predicted molar refractivity (Wildman–Crippen MR) is 116 cm³/mol. The summed E-state index contributed by atoms with van der Waals surface area (Å²) in [4.78, 5) is 25.2. The molecule has 0 aromatic heterocycles. The molecule has 3 aromatic carbocycles. The van der Waals surface area contributed by atoms with Crippen LogP contribution in [0.5, 0.6) is 0 Å². The van der Waals surface area contributed by atoms with Crippen molar-refractivity contribution in [1.29, 1.82) is 0 Å². The maximum absolute atomic E-state index is 12.7. The minimum atomic E-state index is -0.309. The van der Waals surface area contributed by atoms with Gasteiger partial charge in [-0.3, -0.25) is 20.0 Å². The van der Waals surface area contributed by atoms with Gasteiger partial charge in [-0.15, -0.1) is 0 Å². The summed E-state index contributed by atoms with van der Waals surface area (Å²) >= 11 is 0. The minimum Gasteiger partial charge on any atom is -0.267 e. The van der Waals surface area contributed by atoms with Crippen LogP contribution in [0.15, 0.2) is 77.9 Å². The van der Waals surface area contributed by atoms with Gasteiger partial charge in [-0.1, -0.05) is 59.7 Å². The van der Waals surface area contributed by atoms with Crippen molar-refractivity contribution in [1.82, 2.24) is 15.9 Å². The van der Waals surface area contributed by atoms with Gasteiger partial charge in [-0.2, -0.15) is 5.10 Å². The molecule has 6 nitrogen and oxygen atoms in total. The summed E-state index contributed by atoms with van der Waals surface area (Å²) in [5, 5.41) is 5.99. The highest BCUT2D eigenvalue weighted by Crippen LogP contribution is 2.22. The molecule has 150 valence electrons. The molecule has 0 saturated heterocycles. The second-order valence-corrected chi connectivity index (χ2v) is 7.29. The number of fused-ring (bicyclic) bond motifs is 1. The Morgan fingerprint density at radius 1 is 0.800 bits per heavy atom. The van der Waals surface area contributed by atoms with Crippen molar-refractivity contribution in [3.8, 4) is 0 Å². The first kappa shape index (κ1) is 19.4. The standard InChI is InChI=1S/C24H22N4O2/c1-16-7-11-18(12-8-16)23(29)26-25-22-21-6-4-3-5-20(21)15-28(22)27-24(30)19-13-9-17(2)10-14-19/h3-14H,15H2,1-2H3,(H,26,29)(H,27,30)/b25-22+. The van der Waals surface area contributed by atoms with E-state index >= 15 is 0 Å². The number of rotatable bonds is 4. The first-order valence-electron chi connectivity index (χ1n) is 9.69. The lowest BCUT2D eigenvalue weighted by molar-refractivity contribution is 0.0869. The quantitative estimate of drug-likeness (QED) is 0.660. The summed E-state index contributed by atoms with van der Waals surface area (Å²) in [7, 11) is 0. The maximum atomic E-state index is 12.7. The van der Waals surface area contributed by atoms with Crippen LogP contribution in [0, 0.1) is 13.8 Å². The predicted octanol–water partition coefficient (Wildman–Crippen LogP) is 3.56. The number of hydrazine groups is 1. The Kier molecular flexibility index (Phi) is 5.30. The number of nitrogens with one attached hydrogen (secondary N) is 2. The van der Waals surface area contributed by atoms with Crippen LogP contribution in [0.25, 0.3) is 0 Å². The van der Waals surface area contributed by atoms with Gasteiger partial charge >= 0.3 is 0 Å². The van der Waals surface area contributed by atoms with Gasteiger partial charge in [0.25, 0.3) is 11.8 Å². The Morgan fingerprint density at radius 2 is 1.37 bits per heavy atom. The van der Waals surface area contributed by atoms with E-state index in [2.05, 4.69) is 16.0 Å². The van der Waals surface area contributed by atoms with Gasteiger partial charge in [0.2, 0.25) is 0 Å². The van der Waals surface area contributed by atoms with Gasteiger partial charge in [-0.05, 0) is 43.7 Å². The Labute approximate surface area is 175 Å². The third-order valence-corrected chi connectivity index (χ3v) is 4.97. The summed E-state index contributed by atoms with van der Waals surface area (Å²) in [6.45, 7) is 4.40. The molecule has 1 heterocycles. The van der Waals surface area contributed by atoms with Crippen LogP contribution in [0.4, 0.5) is 0 Å². The fraction of sp³-hybridized carbons (Fsp3) is 0.125. The molecular weight excluding hydrogens is 376 g/mol. The fourth-order valence-corrected chi connectivity index (χ4v) is 3.25. The zero-order valence-corrected chi connectivity index (χ0v) is 16.8. The van der Waals surface area contributed by atoms with Crippen LogP contribution in [0.3, 0.4) is 0 Å². The second kappa shape index (κ2) is 8.21. The molecule has 2 amide bonds. The largest absolute Gasteiger partial charge is 0.271 e. The SMILES string of the molecule is Cc1ccc(C(=O)N/N=C2\c3ccccc3CN2NC(=O)c2ccc(C)cc2)cc1. The molecule has 30 heavy (non-hydrogen) atoms. The Bertz CT molecular complexity index is 1120. The van der Waals surface area contributed by atoms with Gasteiger partial charge in [0.05, 0.1) is 6.54 Å². The van der Waals surface area contributed by atoms with Crippen molar-refractivity contribution in [2.24, 2.45) is 5.10 Å². The number of aryl methyl sites for hydroxylation is 2. The summed E-state index contributed by atoms with van der Waals surface area (Å²) in [5.41, 5.74) is 10.6. The van der Waals surface area contributed by atoms with Crippen LogP contribution >= 0.6 is 0 Å². The van der Waals surface area contributed by atoms with E-state index in [1.54, 1.807) is 29.3 Å². The number of amidine groups is 1. The molecule has 4 rings (SSSR count). The van der Waals surface area contributed by atoms with Gasteiger partial charge in [0.1, 0.15) is 0 Å². The molecule has 0 unspecified atom stereocenters. The molecule has 3 aromatic rings. The molecule has 1 aliphatic rings. The lowest BCUT2D eigenvalue weighted by Gasteiger charge is -2.20. The molecule has 0 atom stereocenters. The molecule has 2 N–H and O–H groups in total. The molecule has 0 bridgehead atoms. The summed E-state index contributed by atoms with van der Waals surface area (Å²) < 4.78 is 0. The smallest absolute Gasteiger partial charge is 0.267 e. The number of nitrogens with zero attached hydrogens (tertiary/aromatic N) is 2. The highest BCUT2D eigenvalue weighted by Gasteiger charge is 2.27. The van der Waals surface area contributed by atoms with Crippen molar-refractivity contribution in [2.45, 2.75) is 20.4 Å². The van der Waals surface area contributed by atoms with Crippen molar-refractivity contribution in [3.63, 3.8) is 0 Å². The van der Waals surface area contributed by atoms with Gasteiger partial charge in [0, 0.05) is 16.7 Å². The van der Waals surface area contributed by atoms with Crippen LogP contribution in [0.1, 0.15) is 43.0 Å². The van der Waals surface area contributed by atoms with E-state index in [0.717, 1.165) is 22.3 Å². The fourth-order valence-electron chi connectivity index (χ4n) is 3.25. The van der Waals surface area contributed by atoms with E-state index in [9.17, 15) is 9.59 Å². The summed E-state index contributed by atoms with van der Waals surface area (Å²) in [6.07, 6.45) is 0. The van der Waals surface area contributed by atoms with E-state index in [-0.39, 0.29) is 11.8 Å². The van der Waals surface area contributed by atoms with E-state index in [4.69, 9.17) is 0 Å². The van der Waals surface area contributed by atoms with Crippen LogP contribution in [0.2, 0.25) is 0 Å². The van der Waals surface area contributed by atoms with E-state index < -0.39 is 0 Å². The number of hydrogen-bond acceptors (Lipinski definition) is 3. The minimum absolute atomic E-state index is 0.236. The molecule has 0 saturated carbocycles. The first-order chi connectivity index (χ1) is 14.5. The normalized spacial score (nSPS) is 13.8. The van der Waals surface area contributed by atoms with E-state index in [1.807, 2.05) is 62.4 Å². The third kappa shape index (κ3) is 4.07. The topological polar surface area (TPSA) is 73.8 Å². The molecule has 1 aliphatic heterocycles. The molecule has 0 radical (unpaired) electrons. The molecule has 6 heteroatoms.